The van der Waals surface area contributed by atoms with Crippen LogP contribution in [0.5, 0.6) is 0 Å². The van der Waals surface area contributed by atoms with Gasteiger partial charge in [-0.2, -0.15) is 0 Å². The maximum Gasteiger partial charge on any atom is 0.338 e. The number of amides is 1. The van der Waals surface area contributed by atoms with Gasteiger partial charge < -0.3 is 20.9 Å². The van der Waals surface area contributed by atoms with Gasteiger partial charge in [-0.3, -0.25) is 9.78 Å². The van der Waals surface area contributed by atoms with Crippen LogP contribution < -0.4 is 11.1 Å². The van der Waals surface area contributed by atoms with Crippen LogP contribution in [-0.4, -0.2) is 35.2 Å². The lowest BCUT2D eigenvalue weighted by atomic mass is 9.92. The van der Waals surface area contributed by atoms with Crippen LogP contribution in [0.4, 0.5) is 10.1 Å². The summed E-state index contributed by atoms with van der Waals surface area (Å²) < 4.78 is 18.8. The largest absolute Gasteiger partial charge is 0.460 e. The lowest BCUT2D eigenvalue weighted by Gasteiger charge is -2.16. The highest BCUT2D eigenvalue weighted by atomic mass is 19.1. The van der Waals surface area contributed by atoms with Crippen LogP contribution in [-0.2, 0) is 4.74 Å². The predicted octanol–water partition coefficient (Wildman–Crippen LogP) is 3.31. The number of hydrogen-bond donors (Lipinski definition) is 3. The molecule has 0 radical (unpaired) electrons. The van der Waals surface area contributed by atoms with E-state index in [0.29, 0.717) is 22.3 Å². The predicted molar refractivity (Wildman–Crippen MR) is 114 cm³/mol. The number of carbonyl (C=O) groups is 2. The molecular formula is C23H22FN3O4. The van der Waals surface area contributed by atoms with Gasteiger partial charge in [-0.15, -0.1) is 0 Å². The van der Waals surface area contributed by atoms with Gasteiger partial charge in [0.1, 0.15) is 6.61 Å². The molecule has 31 heavy (non-hydrogen) atoms. The number of aliphatic hydroxyl groups is 1. The molecule has 8 heteroatoms. The van der Waals surface area contributed by atoms with E-state index in [1.165, 1.54) is 12.3 Å². The maximum atomic E-state index is 13.8. The summed E-state index contributed by atoms with van der Waals surface area (Å²) in [5.74, 6) is -1.71. The number of nitrogens with one attached hydrogen (secondary N) is 1. The SMILES string of the molecule is CC(N)c1ccc(C(=O)Nc2ccncc2F)cc1-c1cccc(C(=O)OCCO)c1. The second kappa shape index (κ2) is 9.92. The number of carbonyl (C=O) groups excluding carboxylic acids is 2. The van der Waals surface area contributed by atoms with E-state index in [-0.39, 0.29) is 24.9 Å². The number of anilines is 1. The first-order valence-corrected chi connectivity index (χ1v) is 9.59. The summed E-state index contributed by atoms with van der Waals surface area (Å²) in [6, 6.07) is 12.7. The fraction of sp³-hybridized carbons (Fsp3) is 0.174. The van der Waals surface area contributed by atoms with Crippen molar-refractivity contribution in [2.75, 3.05) is 18.5 Å². The number of esters is 1. The highest BCUT2D eigenvalue weighted by Gasteiger charge is 2.16. The quantitative estimate of drug-likeness (QED) is 0.503. The minimum Gasteiger partial charge on any atom is -0.460 e. The van der Waals surface area contributed by atoms with E-state index in [4.69, 9.17) is 15.6 Å². The number of nitrogens with two attached hydrogens (primary N) is 1. The zero-order valence-corrected chi connectivity index (χ0v) is 16.8. The van der Waals surface area contributed by atoms with Crippen LogP contribution in [0, 0.1) is 5.82 Å². The molecule has 0 saturated heterocycles. The van der Waals surface area contributed by atoms with Crippen molar-refractivity contribution in [3.8, 4) is 11.1 Å². The van der Waals surface area contributed by atoms with Crippen LogP contribution in [0.1, 0.15) is 39.2 Å². The van der Waals surface area contributed by atoms with E-state index in [1.807, 2.05) is 6.92 Å². The summed E-state index contributed by atoms with van der Waals surface area (Å²) in [5, 5.41) is 11.4. The summed E-state index contributed by atoms with van der Waals surface area (Å²) in [6.07, 6.45) is 2.40. The first-order valence-electron chi connectivity index (χ1n) is 9.59. The summed E-state index contributed by atoms with van der Waals surface area (Å²) in [7, 11) is 0. The van der Waals surface area contributed by atoms with E-state index in [2.05, 4.69) is 10.3 Å². The van der Waals surface area contributed by atoms with Gasteiger partial charge in [-0.25, -0.2) is 9.18 Å². The van der Waals surface area contributed by atoms with Crippen LogP contribution >= 0.6 is 0 Å². The minimum absolute atomic E-state index is 0.0199. The number of hydrogen-bond acceptors (Lipinski definition) is 6. The van der Waals surface area contributed by atoms with Crippen molar-refractivity contribution >= 4 is 17.6 Å². The van der Waals surface area contributed by atoms with Crippen molar-refractivity contribution in [2.24, 2.45) is 5.73 Å². The molecule has 0 aliphatic rings. The molecule has 4 N–H and O–H groups in total. The number of benzene rings is 2. The Hall–Kier alpha value is -3.62. The Labute approximate surface area is 178 Å². The Morgan fingerprint density at radius 3 is 2.71 bits per heavy atom. The molecule has 1 atom stereocenters. The molecule has 0 aliphatic carbocycles. The monoisotopic (exact) mass is 423 g/mol. The van der Waals surface area contributed by atoms with E-state index in [1.54, 1.807) is 42.5 Å². The number of halogens is 1. The smallest absolute Gasteiger partial charge is 0.338 e. The first kappa shape index (κ1) is 22.1. The molecule has 1 unspecified atom stereocenters. The second-order valence-corrected chi connectivity index (χ2v) is 6.84. The third-order valence-electron chi connectivity index (χ3n) is 4.56. The molecule has 3 aromatic rings. The number of pyridine rings is 1. The average molecular weight is 423 g/mol. The van der Waals surface area contributed by atoms with Crippen LogP contribution in [0.3, 0.4) is 0 Å². The molecule has 3 rings (SSSR count). The molecule has 0 aliphatic heterocycles. The molecule has 1 aromatic heterocycles. The molecule has 0 bridgehead atoms. The average Bonchev–Trinajstić information content (AvgIpc) is 2.78. The van der Waals surface area contributed by atoms with Crippen molar-refractivity contribution in [1.29, 1.82) is 0 Å². The highest BCUT2D eigenvalue weighted by molar-refractivity contribution is 6.05. The van der Waals surface area contributed by atoms with Gasteiger partial charge >= 0.3 is 5.97 Å². The number of aromatic nitrogens is 1. The molecular weight excluding hydrogens is 401 g/mol. The van der Waals surface area contributed by atoms with Gasteiger partial charge in [0.15, 0.2) is 5.82 Å². The van der Waals surface area contributed by atoms with Gasteiger partial charge in [0.25, 0.3) is 5.91 Å². The molecule has 1 amide bonds. The lowest BCUT2D eigenvalue weighted by molar-refractivity contribution is 0.0433. The molecule has 0 fully saturated rings. The number of aliphatic hydroxyl groups excluding tert-OH is 1. The molecule has 7 nitrogen and oxygen atoms in total. The molecule has 0 saturated carbocycles. The van der Waals surface area contributed by atoms with Crippen LogP contribution in [0.2, 0.25) is 0 Å². The summed E-state index contributed by atoms with van der Waals surface area (Å²) >= 11 is 0. The normalized spacial score (nSPS) is 11.6. The summed E-state index contributed by atoms with van der Waals surface area (Å²) in [6.45, 7) is 1.44. The van der Waals surface area contributed by atoms with Gasteiger partial charge in [-0.1, -0.05) is 18.2 Å². The second-order valence-electron chi connectivity index (χ2n) is 6.84. The van der Waals surface area contributed by atoms with E-state index in [0.717, 1.165) is 11.8 Å². The Balaban J connectivity index is 1.97. The number of rotatable bonds is 7. The lowest BCUT2D eigenvalue weighted by Crippen LogP contribution is -2.14. The number of nitrogens with zero attached hydrogens (tertiary/aromatic N) is 1. The van der Waals surface area contributed by atoms with Crippen LogP contribution in [0.25, 0.3) is 11.1 Å². The Morgan fingerprint density at radius 1 is 1.19 bits per heavy atom. The van der Waals surface area contributed by atoms with Crippen molar-refractivity contribution < 1.29 is 23.8 Å². The fourth-order valence-corrected chi connectivity index (χ4v) is 3.05. The minimum atomic E-state index is -0.641. The van der Waals surface area contributed by atoms with Crippen molar-refractivity contribution in [3.63, 3.8) is 0 Å². The Morgan fingerprint density at radius 2 is 2.00 bits per heavy atom. The Kier molecular flexibility index (Phi) is 7.07. The highest BCUT2D eigenvalue weighted by Crippen LogP contribution is 2.30. The molecule has 2 aromatic carbocycles. The third-order valence-corrected chi connectivity index (χ3v) is 4.56. The molecule has 1 heterocycles. The summed E-state index contributed by atoms with van der Waals surface area (Å²) in [5.41, 5.74) is 8.82. The third kappa shape index (κ3) is 5.30. The molecule has 0 spiro atoms. The first-order chi connectivity index (χ1) is 14.9. The standard InChI is InChI=1S/C23H22FN3O4/c1-14(25)18-6-5-16(22(29)27-21-7-8-26-13-20(21)24)12-19(18)15-3-2-4-17(11-15)23(30)31-10-9-28/h2-8,11-14,28H,9-10,25H2,1H3,(H,26,27,29). The van der Waals surface area contributed by atoms with E-state index >= 15 is 0 Å². The van der Waals surface area contributed by atoms with Gasteiger partial charge in [0.05, 0.1) is 24.1 Å². The van der Waals surface area contributed by atoms with Crippen molar-refractivity contribution in [1.82, 2.24) is 4.98 Å². The fourth-order valence-electron chi connectivity index (χ4n) is 3.05. The van der Waals surface area contributed by atoms with Crippen LogP contribution in [0.15, 0.2) is 60.9 Å². The Bertz CT molecular complexity index is 1100. The van der Waals surface area contributed by atoms with E-state index < -0.39 is 17.7 Å². The van der Waals surface area contributed by atoms with Crippen molar-refractivity contribution in [3.05, 3.63) is 83.4 Å². The zero-order valence-electron chi connectivity index (χ0n) is 16.8. The van der Waals surface area contributed by atoms with Gasteiger partial charge in [-0.05, 0) is 53.9 Å². The zero-order chi connectivity index (χ0) is 22.4. The molecule has 160 valence electrons. The topological polar surface area (TPSA) is 115 Å². The van der Waals surface area contributed by atoms with Crippen molar-refractivity contribution in [2.45, 2.75) is 13.0 Å². The summed E-state index contributed by atoms with van der Waals surface area (Å²) in [4.78, 5) is 28.5. The van der Waals surface area contributed by atoms with Gasteiger partial charge in [0, 0.05) is 17.8 Å². The van der Waals surface area contributed by atoms with E-state index in [9.17, 15) is 14.0 Å². The maximum absolute atomic E-state index is 13.8. The van der Waals surface area contributed by atoms with Gasteiger partial charge in [0.2, 0.25) is 0 Å². The number of ether oxygens (including phenoxy) is 1.